The molecule has 0 aliphatic heterocycles. The molecule has 0 aromatic heterocycles. The van der Waals surface area contributed by atoms with Crippen LogP contribution in [-0.4, -0.2) is 36.6 Å². The van der Waals surface area contributed by atoms with Crippen LogP contribution >= 0.6 is 0 Å². The van der Waals surface area contributed by atoms with Gasteiger partial charge in [0.15, 0.2) is 0 Å². The molecule has 0 spiro atoms. The van der Waals surface area contributed by atoms with Gasteiger partial charge in [-0.1, -0.05) is 0 Å². The van der Waals surface area contributed by atoms with Crippen LogP contribution in [0, 0.1) is 0 Å². The molecule has 0 aliphatic rings. The van der Waals surface area contributed by atoms with Crippen molar-refractivity contribution in [2.45, 2.75) is 0 Å². The van der Waals surface area contributed by atoms with Crippen molar-refractivity contribution < 1.29 is 10.4 Å². The molecule has 0 aliphatic carbocycles. The van der Waals surface area contributed by atoms with Gasteiger partial charge < -0.3 is 10.4 Å². The van der Waals surface area contributed by atoms with Gasteiger partial charge in [0.2, 0.25) is 0 Å². The fraction of sp³-hybridized carbons (Fsp3) is 0. The summed E-state index contributed by atoms with van der Waals surface area (Å²) in [5, 5.41) is 18.0. The molecule has 29 valence electrons. The summed E-state index contributed by atoms with van der Waals surface area (Å²) in [6.07, 6.45) is 0. The molecule has 0 amide bonds. The van der Waals surface area contributed by atoms with E-state index in [2.05, 4.69) is 0 Å². The second kappa shape index (κ2) is 8.94. The minimum atomic E-state index is 0. The van der Waals surface area contributed by atoms with E-state index in [9.17, 15) is 0 Å². The number of nitrogens with zero attached hydrogens (tertiary/aromatic N) is 2. The molecule has 0 fully saturated rings. The van der Waals surface area contributed by atoms with Crippen molar-refractivity contribution in [3.05, 3.63) is 0 Å². The third-order valence-electron chi connectivity index (χ3n) is 0.0400. The first-order valence-corrected chi connectivity index (χ1v) is 0.600. The van der Waals surface area contributed by atoms with E-state index in [-0.39, 0.29) is 26.2 Å². The Bertz CT molecular complexity index is 22.8. The quantitative estimate of drug-likeness (QED) is 0.365. The zero-order chi connectivity index (χ0) is 3.41. The van der Waals surface area contributed by atoms with E-state index in [0.29, 0.717) is 0 Å². The molecule has 0 saturated heterocycles. The molecular weight excluding hydrogens is 269 g/mol. The van der Waals surface area contributed by atoms with Crippen molar-refractivity contribution in [3.8, 4) is 0 Å². The van der Waals surface area contributed by atoms with Crippen molar-refractivity contribution in [2.24, 2.45) is 10.6 Å². The van der Waals surface area contributed by atoms with Gasteiger partial charge >= 0.3 is 0 Å². The van der Waals surface area contributed by atoms with E-state index in [1.54, 1.807) is 0 Å². The molecule has 0 aromatic rings. The Morgan fingerprint density at radius 3 is 1.20 bits per heavy atom. The predicted octanol–water partition coefficient (Wildman–Crippen LogP) is -0.164. The molecule has 0 rings (SSSR count). The van der Waals surface area contributed by atoms with E-state index in [0.717, 1.165) is 0 Å². The molecule has 0 unspecified atom stereocenters. The van der Waals surface area contributed by atoms with Crippen molar-refractivity contribution >= 4 is 26.2 Å². The van der Waals surface area contributed by atoms with Crippen LogP contribution in [0.2, 0.25) is 0 Å². The maximum absolute atomic E-state index is 7.08. The molecule has 5 heteroatoms. The summed E-state index contributed by atoms with van der Waals surface area (Å²) in [6, 6.07) is 0. The maximum atomic E-state index is 7.08. The first-order chi connectivity index (χ1) is 1.91. The second-order valence-electron chi connectivity index (χ2n) is 0.179. The van der Waals surface area contributed by atoms with Crippen LogP contribution in [0.1, 0.15) is 0 Å². The molecule has 0 bridgehead atoms. The van der Waals surface area contributed by atoms with Gasteiger partial charge in [0, 0.05) is 26.2 Å². The van der Waals surface area contributed by atoms with Gasteiger partial charge in [0.1, 0.15) is 0 Å². The standard InChI is InChI=1S/Bi.H2N2O2/c;3-1-2-4/h;(H,1,4)(H,2,3). The molecular formula is H2BiN2O2. The minimum Gasteiger partial charge on any atom is -0.392 e. The molecule has 2 N–H and O–H groups in total. The van der Waals surface area contributed by atoms with Crippen molar-refractivity contribution in [2.75, 3.05) is 0 Å². The molecule has 4 nitrogen and oxygen atoms in total. The summed E-state index contributed by atoms with van der Waals surface area (Å²) < 4.78 is 0. The van der Waals surface area contributed by atoms with E-state index in [1.165, 1.54) is 0 Å². The summed E-state index contributed by atoms with van der Waals surface area (Å²) in [5.74, 6) is 0. The van der Waals surface area contributed by atoms with Crippen LogP contribution in [0.3, 0.4) is 0 Å². The van der Waals surface area contributed by atoms with Gasteiger partial charge in [-0.2, -0.15) is 0 Å². The zero-order valence-corrected chi connectivity index (χ0v) is 5.71. The Kier molecular flexibility index (Phi) is 15.9. The number of rotatable bonds is 0. The molecule has 0 heterocycles. The molecule has 5 heavy (non-hydrogen) atoms. The first-order valence-electron chi connectivity index (χ1n) is 0.600. The van der Waals surface area contributed by atoms with Crippen LogP contribution in [0.5, 0.6) is 0 Å². The average Bonchev–Trinajstić information content (AvgIpc) is 1.37. The number of hydrogen-bond donors (Lipinski definition) is 2. The smallest absolute Gasteiger partial charge is 0.0606 e. The fourth-order valence-electron chi connectivity index (χ4n) is 0. The molecule has 0 saturated carbocycles. The van der Waals surface area contributed by atoms with Gasteiger partial charge in [0.25, 0.3) is 0 Å². The average molecular weight is 271 g/mol. The van der Waals surface area contributed by atoms with Crippen LogP contribution in [0.4, 0.5) is 0 Å². The summed E-state index contributed by atoms with van der Waals surface area (Å²) in [6.45, 7) is 0. The van der Waals surface area contributed by atoms with Gasteiger partial charge in [-0.25, -0.2) is 0 Å². The summed E-state index contributed by atoms with van der Waals surface area (Å²) in [5.41, 5.74) is 0. The molecule has 0 atom stereocenters. The normalized spacial score (nSPS) is 7.20. The van der Waals surface area contributed by atoms with E-state index in [4.69, 9.17) is 10.4 Å². The van der Waals surface area contributed by atoms with Crippen molar-refractivity contribution in [1.82, 2.24) is 0 Å². The molecule has 0 aromatic carbocycles. The summed E-state index contributed by atoms with van der Waals surface area (Å²) in [7, 11) is 0. The maximum Gasteiger partial charge on any atom is 0.0606 e. The van der Waals surface area contributed by atoms with E-state index >= 15 is 0 Å². The SMILES string of the molecule is ON=NO.[Bi]. The number of hydrogen-bond acceptors (Lipinski definition) is 2. The van der Waals surface area contributed by atoms with Crippen LogP contribution < -0.4 is 0 Å². The monoisotopic (exact) mass is 271 g/mol. The Morgan fingerprint density at radius 1 is 1.00 bits per heavy atom. The topological polar surface area (TPSA) is 65.2 Å². The first kappa shape index (κ1) is 8.92. The third-order valence-corrected chi connectivity index (χ3v) is 0.0400. The van der Waals surface area contributed by atoms with Crippen LogP contribution in [-0.2, 0) is 0 Å². The van der Waals surface area contributed by atoms with Crippen molar-refractivity contribution in [1.29, 1.82) is 0 Å². The Morgan fingerprint density at radius 2 is 1.20 bits per heavy atom. The summed E-state index contributed by atoms with van der Waals surface area (Å²) >= 11 is 0. The van der Waals surface area contributed by atoms with Crippen LogP contribution in [0.25, 0.3) is 0 Å². The largest absolute Gasteiger partial charge is 0.392 e. The van der Waals surface area contributed by atoms with Gasteiger partial charge in [0.05, 0.1) is 10.6 Å². The Labute approximate surface area is 47.6 Å². The molecule has 3 radical (unpaired) electrons. The van der Waals surface area contributed by atoms with Gasteiger partial charge in [-0.05, 0) is 0 Å². The summed E-state index contributed by atoms with van der Waals surface area (Å²) in [4.78, 5) is 0. The fourth-order valence-corrected chi connectivity index (χ4v) is 0. The van der Waals surface area contributed by atoms with Crippen LogP contribution in [0.15, 0.2) is 10.6 Å². The third kappa shape index (κ3) is 15.1. The Hall–Kier alpha value is 0.0831. The zero-order valence-electron chi connectivity index (χ0n) is 2.24. The van der Waals surface area contributed by atoms with E-state index < -0.39 is 0 Å². The van der Waals surface area contributed by atoms with Crippen molar-refractivity contribution in [3.63, 3.8) is 0 Å². The predicted molar refractivity (Wildman–Crippen MR) is 14.2 cm³/mol. The minimum absolute atomic E-state index is 0. The Balaban J connectivity index is 0. The second-order valence-corrected chi connectivity index (χ2v) is 0.179. The van der Waals surface area contributed by atoms with E-state index in [1.807, 2.05) is 10.6 Å². The van der Waals surface area contributed by atoms with Gasteiger partial charge in [-0.3, -0.25) is 0 Å². The van der Waals surface area contributed by atoms with Gasteiger partial charge in [-0.15, -0.1) is 0 Å².